The molecule has 6 heteroatoms. The molecule has 6 nitrogen and oxygen atoms in total. The van der Waals surface area contributed by atoms with Crippen LogP contribution in [0.4, 0.5) is 0 Å². The first-order valence-corrected chi connectivity index (χ1v) is 8.90. The summed E-state index contributed by atoms with van der Waals surface area (Å²) in [5.74, 6) is 0.405. The normalized spacial score (nSPS) is 17.1. The Labute approximate surface area is 149 Å². The maximum absolute atomic E-state index is 12.4. The van der Waals surface area contributed by atoms with Gasteiger partial charge in [-0.3, -0.25) is 9.59 Å². The molecule has 0 aromatic heterocycles. The van der Waals surface area contributed by atoms with Crippen molar-refractivity contribution in [2.24, 2.45) is 0 Å². The number of nitrogens with zero attached hydrogens (tertiary/aromatic N) is 1. The molecule has 1 unspecified atom stereocenters. The molecule has 1 aliphatic heterocycles. The standard InChI is InChI=1S/C19H28N2O4/c1-4-15-7-5-6-12-21(15)19(23)18(22)20-11-10-14-8-9-16(24-2)17(13-14)25-3/h8-9,13,15H,4-7,10-12H2,1-3H3,(H,20,22). The highest BCUT2D eigenvalue weighted by atomic mass is 16.5. The minimum Gasteiger partial charge on any atom is -0.493 e. The van der Waals surface area contributed by atoms with Gasteiger partial charge in [-0.2, -0.15) is 0 Å². The third-order valence-corrected chi connectivity index (χ3v) is 4.70. The Morgan fingerprint density at radius 1 is 1.20 bits per heavy atom. The zero-order chi connectivity index (χ0) is 18.2. The molecular weight excluding hydrogens is 320 g/mol. The fraction of sp³-hybridized carbons (Fsp3) is 0.579. The van der Waals surface area contributed by atoms with E-state index in [0.717, 1.165) is 31.2 Å². The summed E-state index contributed by atoms with van der Waals surface area (Å²) < 4.78 is 10.5. The van der Waals surface area contributed by atoms with Gasteiger partial charge >= 0.3 is 11.8 Å². The largest absolute Gasteiger partial charge is 0.493 e. The van der Waals surface area contributed by atoms with Crippen LogP contribution >= 0.6 is 0 Å². The summed E-state index contributed by atoms with van der Waals surface area (Å²) in [4.78, 5) is 26.3. The van der Waals surface area contributed by atoms with Crippen LogP contribution in [0.1, 0.15) is 38.2 Å². The quantitative estimate of drug-likeness (QED) is 0.800. The summed E-state index contributed by atoms with van der Waals surface area (Å²) in [6.45, 7) is 3.15. The number of carbonyl (C=O) groups is 2. The van der Waals surface area contributed by atoms with Gasteiger partial charge < -0.3 is 19.7 Å². The SMILES string of the molecule is CCC1CCCCN1C(=O)C(=O)NCCc1ccc(OC)c(OC)c1. The second-order valence-electron chi connectivity index (χ2n) is 6.25. The van der Waals surface area contributed by atoms with Gasteiger partial charge in [-0.05, 0) is 49.8 Å². The van der Waals surface area contributed by atoms with Crippen LogP contribution in [0.2, 0.25) is 0 Å². The zero-order valence-corrected chi connectivity index (χ0v) is 15.3. The Morgan fingerprint density at radius 3 is 2.64 bits per heavy atom. The van der Waals surface area contributed by atoms with Crippen LogP contribution in [0.5, 0.6) is 11.5 Å². The van der Waals surface area contributed by atoms with Gasteiger partial charge in [0.15, 0.2) is 11.5 Å². The number of ether oxygens (including phenoxy) is 2. The van der Waals surface area contributed by atoms with Crippen molar-refractivity contribution in [1.82, 2.24) is 10.2 Å². The van der Waals surface area contributed by atoms with Gasteiger partial charge in [0.1, 0.15) is 0 Å². The van der Waals surface area contributed by atoms with Crippen molar-refractivity contribution in [2.45, 2.75) is 45.1 Å². The zero-order valence-electron chi connectivity index (χ0n) is 15.3. The molecular formula is C19H28N2O4. The van der Waals surface area contributed by atoms with Crippen LogP contribution in [0.25, 0.3) is 0 Å². The summed E-state index contributed by atoms with van der Waals surface area (Å²) >= 11 is 0. The van der Waals surface area contributed by atoms with E-state index in [2.05, 4.69) is 12.2 Å². The van der Waals surface area contributed by atoms with E-state index in [9.17, 15) is 9.59 Å². The Kier molecular flexibility index (Phi) is 7.10. The number of carbonyl (C=O) groups excluding carboxylic acids is 2. The average Bonchev–Trinajstić information content (AvgIpc) is 2.66. The predicted molar refractivity (Wildman–Crippen MR) is 95.9 cm³/mol. The lowest BCUT2D eigenvalue weighted by Gasteiger charge is -2.34. The fourth-order valence-electron chi connectivity index (χ4n) is 3.25. The van der Waals surface area contributed by atoms with E-state index in [1.54, 1.807) is 19.1 Å². The van der Waals surface area contributed by atoms with Crippen molar-refractivity contribution in [3.05, 3.63) is 23.8 Å². The molecule has 0 bridgehead atoms. The van der Waals surface area contributed by atoms with Gasteiger partial charge in [0.25, 0.3) is 0 Å². The van der Waals surface area contributed by atoms with E-state index in [4.69, 9.17) is 9.47 Å². The number of piperidine rings is 1. The Morgan fingerprint density at radius 2 is 1.96 bits per heavy atom. The Bertz CT molecular complexity index is 603. The average molecular weight is 348 g/mol. The molecule has 2 amide bonds. The Hall–Kier alpha value is -2.24. The smallest absolute Gasteiger partial charge is 0.312 e. The maximum Gasteiger partial charge on any atom is 0.312 e. The molecule has 25 heavy (non-hydrogen) atoms. The van der Waals surface area contributed by atoms with Crippen LogP contribution in [-0.2, 0) is 16.0 Å². The summed E-state index contributed by atoms with van der Waals surface area (Å²) in [5, 5.41) is 2.74. The van der Waals surface area contributed by atoms with E-state index < -0.39 is 11.8 Å². The van der Waals surface area contributed by atoms with Gasteiger partial charge in [0.05, 0.1) is 14.2 Å². The number of rotatable bonds is 6. The number of methoxy groups -OCH3 is 2. The first-order valence-electron chi connectivity index (χ1n) is 8.90. The van der Waals surface area contributed by atoms with E-state index >= 15 is 0 Å². The van der Waals surface area contributed by atoms with E-state index in [1.807, 2.05) is 18.2 Å². The van der Waals surface area contributed by atoms with Crippen molar-refractivity contribution >= 4 is 11.8 Å². The van der Waals surface area contributed by atoms with E-state index in [1.165, 1.54) is 0 Å². The molecule has 0 saturated carbocycles. The van der Waals surface area contributed by atoms with Gasteiger partial charge in [-0.25, -0.2) is 0 Å². The second kappa shape index (κ2) is 9.30. The first-order chi connectivity index (χ1) is 12.1. The summed E-state index contributed by atoms with van der Waals surface area (Å²) in [7, 11) is 3.18. The van der Waals surface area contributed by atoms with Crippen molar-refractivity contribution < 1.29 is 19.1 Å². The molecule has 1 heterocycles. The Balaban J connectivity index is 1.86. The number of hydrogen-bond donors (Lipinski definition) is 1. The molecule has 1 aliphatic rings. The van der Waals surface area contributed by atoms with Crippen molar-refractivity contribution in [1.29, 1.82) is 0 Å². The lowest BCUT2D eigenvalue weighted by atomic mass is 10.00. The molecule has 138 valence electrons. The highest BCUT2D eigenvalue weighted by Gasteiger charge is 2.29. The van der Waals surface area contributed by atoms with Crippen LogP contribution < -0.4 is 14.8 Å². The van der Waals surface area contributed by atoms with Crippen molar-refractivity contribution in [3.63, 3.8) is 0 Å². The van der Waals surface area contributed by atoms with Gasteiger partial charge in [0.2, 0.25) is 0 Å². The number of likely N-dealkylation sites (tertiary alicyclic amines) is 1. The van der Waals surface area contributed by atoms with Crippen LogP contribution in [0.3, 0.4) is 0 Å². The van der Waals surface area contributed by atoms with Crippen molar-refractivity contribution in [3.8, 4) is 11.5 Å². The first kappa shape index (κ1) is 19.1. The lowest BCUT2D eigenvalue weighted by Crippen LogP contribution is -2.50. The molecule has 1 fully saturated rings. The second-order valence-corrected chi connectivity index (χ2v) is 6.25. The molecule has 2 rings (SSSR count). The maximum atomic E-state index is 12.4. The third-order valence-electron chi connectivity index (χ3n) is 4.70. The molecule has 0 radical (unpaired) electrons. The minimum absolute atomic E-state index is 0.192. The van der Waals surface area contributed by atoms with Crippen LogP contribution in [-0.4, -0.2) is 50.1 Å². The molecule has 0 spiro atoms. The van der Waals surface area contributed by atoms with Crippen molar-refractivity contribution in [2.75, 3.05) is 27.3 Å². The third kappa shape index (κ3) is 4.87. The summed E-state index contributed by atoms with van der Waals surface area (Å²) in [6, 6.07) is 5.83. The molecule has 1 aromatic carbocycles. The minimum atomic E-state index is -0.513. The number of amides is 2. The summed E-state index contributed by atoms with van der Waals surface area (Å²) in [6.07, 6.45) is 4.60. The number of nitrogens with one attached hydrogen (secondary N) is 1. The number of hydrogen-bond acceptors (Lipinski definition) is 4. The van der Waals surface area contributed by atoms with Crippen LogP contribution in [0, 0.1) is 0 Å². The van der Waals surface area contributed by atoms with Gasteiger partial charge in [-0.1, -0.05) is 13.0 Å². The molecule has 1 N–H and O–H groups in total. The summed E-state index contributed by atoms with van der Waals surface area (Å²) in [5.41, 5.74) is 1.01. The monoisotopic (exact) mass is 348 g/mol. The van der Waals surface area contributed by atoms with Gasteiger partial charge in [-0.15, -0.1) is 0 Å². The van der Waals surface area contributed by atoms with E-state index in [0.29, 0.717) is 31.0 Å². The number of benzene rings is 1. The molecule has 0 aliphatic carbocycles. The van der Waals surface area contributed by atoms with Crippen LogP contribution in [0.15, 0.2) is 18.2 Å². The van der Waals surface area contributed by atoms with E-state index in [-0.39, 0.29) is 6.04 Å². The molecule has 1 aromatic rings. The highest BCUT2D eigenvalue weighted by Crippen LogP contribution is 2.27. The predicted octanol–water partition coefficient (Wildman–Crippen LogP) is 2.15. The van der Waals surface area contributed by atoms with Gasteiger partial charge in [0, 0.05) is 19.1 Å². The topological polar surface area (TPSA) is 67.9 Å². The highest BCUT2D eigenvalue weighted by molar-refractivity contribution is 6.35. The molecule has 1 saturated heterocycles. The molecule has 1 atom stereocenters. The lowest BCUT2D eigenvalue weighted by molar-refractivity contribution is -0.148. The fourth-order valence-corrected chi connectivity index (χ4v) is 3.25.